The smallest absolute Gasteiger partial charge is 0.312 e. The zero-order valence-electron chi connectivity index (χ0n) is 15.5. The molecule has 2 aliphatic rings. The molecule has 2 aromatic carbocycles. The van der Waals surface area contributed by atoms with Crippen LogP contribution in [0.3, 0.4) is 0 Å². The number of carbonyl (C=O) groups excluding carboxylic acids is 1. The van der Waals surface area contributed by atoms with Gasteiger partial charge in [-0.15, -0.1) is 0 Å². The Hall–Kier alpha value is -2.33. The molecule has 2 aromatic rings. The van der Waals surface area contributed by atoms with Gasteiger partial charge in [-0.3, -0.25) is 4.79 Å². The maximum atomic E-state index is 13.0. The highest BCUT2D eigenvalue weighted by molar-refractivity contribution is 5.77. The Morgan fingerprint density at radius 1 is 1.04 bits per heavy atom. The molecule has 1 atom stereocenters. The van der Waals surface area contributed by atoms with Crippen LogP contribution in [0.2, 0.25) is 0 Å². The summed E-state index contributed by atoms with van der Waals surface area (Å²) in [6.07, 6.45) is 0.833. The third-order valence-corrected chi connectivity index (χ3v) is 5.16. The van der Waals surface area contributed by atoms with E-state index >= 15 is 0 Å². The van der Waals surface area contributed by atoms with Gasteiger partial charge < -0.3 is 14.2 Å². The van der Waals surface area contributed by atoms with Crippen LogP contribution in [0.4, 0.5) is 0 Å². The molecule has 4 rings (SSSR count). The van der Waals surface area contributed by atoms with Gasteiger partial charge in [0.2, 0.25) is 0 Å². The second kappa shape index (κ2) is 6.13. The molecular weight excluding hydrogens is 328 g/mol. The summed E-state index contributed by atoms with van der Waals surface area (Å²) in [5.41, 5.74) is 0.291. The molecule has 1 unspecified atom stereocenters. The first-order valence-corrected chi connectivity index (χ1v) is 9.11. The summed E-state index contributed by atoms with van der Waals surface area (Å²) >= 11 is 0. The van der Waals surface area contributed by atoms with E-state index in [-0.39, 0.29) is 11.9 Å². The van der Waals surface area contributed by atoms with Crippen LogP contribution in [0.25, 0.3) is 0 Å². The van der Waals surface area contributed by atoms with Crippen LogP contribution in [0.5, 0.6) is 11.5 Å². The Morgan fingerprint density at radius 2 is 1.62 bits per heavy atom. The number of hydrogen-bond acceptors (Lipinski definition) is 4. The summed E-state index contributed by atoms with van der Waals surface area (Å²) in [7, 11) is 0. The van der Waals surface area contributed by atoms with Crippen LogP contribution >= 0.6 is 0 Å². The van der Waals surface area contributed by atoms with Gasteiger partial charge in [-0.05, 0) is 39.3 Å². The highest BCUT2D eigenvalue weighted by Crippen LogP contribution is 2.54. The Morgan fingerprint density at radius 3 is 2.12 bits per heavy atom. The standard InChI is InChI=1S/C22H24O4/c1-21(2,3)20(23)26-22(15-12-13-24-14-15)16-8-4-6-10-18(16)25-19-11-7-5-9-17(19)22/h4-11,15H,12-14H2,1-3H3. The van der Waals surface area contributed by atoms with Crippen molar-refractivity contribution in [1.29, 1.82) is 0 Å². The third kappa shape index (κ3) is 2.60. The van der Waals surface area contributed by atoms with E-state index in [1.165, 1.54) is 0 Å². The van der Waals surface area contributed by atoms with Crippen LogP contribution in [0.15, 0.2) is 48.5 Å². The number of fused-ring (bicyclic) bond motifs is 2. The van der Waals surface area contributed by atoms with E-state index in [4.69, 9.17) is 14.2 Å². The molecular formula is C22H24O4. The molecule has 4 nitrogen and oxygen atoms in total. The van der Waals surface area contributed by atoms with Gasteiger partial charge >= 0.3 is 5.97 Å². The van der Waals surface area contributed by atoms with Gasteiger partial charge in [0.05, 0.1) is 12.0 Å². The van der Waals surface area contributed by atoms with E-state index in [1.807, 2.05) is 69.3 Å². The van der Waals surface area contributed by atoms with E-state index in [9.17, 15) is 4.79 Å². The largest absolute Gasteiger partial charge is 0.456 e. The molecule has 2 heterocycles. The fraction of sp³-hybridized carbons (Fsp3) is 0.409. The molecule has 4 heteroatoms. The number of carbonyl (C=O) groups is 1. The monoisotopic (exact) mass is 352 g/mol. The molecule has 0 N–H and O–H groups in total. The number of rotatable bonds is 2. The zero-order chi connectivity index (χ0) is 18.4. The molecule has 136 valence electrons. The average molecular weight is 352 g/mol. The van der Waals surface area contributed by atoms with Crippen molar-refractivity contribution in [1.82, 2.24) is 0 Å². The van der Waals surface area contributed by atoms with Crippen LogP contribution in [0, 0.1) is 11.3 Å². The quantitative estimate of drug-likeness (QED) is 0.737. The van der Waals surface area contributed by atoms with Crippen molar-refractivity contribution >= 4 is 5.97 Å². The van der Waals surface area contributed by atoms with Crippen LogP contribution < -0.4 is 4.74 Å². The van der Waals surface area contributed by atoms with E-state index in [0.29, 0.717) is 13.2 Å². The summed E-state index contributed by atoms with van der Waals surface area (Å²) in [5.74, 6) is 1.29. The molecule has 0 radical (unpaired) electrons. The van der Waals surface area contributed by atoms with Gasteiger partial charge in [0.1, 0.15) is 11.5 Å². The third-order valence-electron chi connectivity index (χ3n) is 5.16. The second-order valence-corrected chi connectivity index (χ2v) is 8.03. The SMILES string of the molecule is CC(C)(C)C(=O)OC1(C2CCOC2)c2ccccc2Oc2ccccc21. The Labute approximate surface area is 154 Å². The predicted octanol–water partition coefficient (Wildman–Crippen LogP) is 4.66. The lowest BCUT2D eigenvalue weighted by Crippen LogP contribution is -2.45. The van der Waals surface area contributed by atoms with Gasteiger partial charge in [0.25, 0.3) is 0 Å². The number of para-hydroxylation sites is 2. The lowest BCUT2D eigenvalue weighted by molar-refractivity contribution is -0.173. The van der Waals surface area contributed by atoms with Gasteiger partial charge in [0, 0.05) is 23.7 Å². The Bertz CT molecular complexity index is 783. The maximum Gasteiger partial charge on any atom is 0.312 e. The molecule has 1 saturated heterocycles. The molecule has 0 saturated carbocycles. The maximum absolute atomic E-state index is 13.0. The highest BCUT2D eigenvalue weighted by atomic mass is 16.6. The van der Waals surface area contributed by atoms with Gasteiger partial charge in [-0.2, -0.15) is 0 Å². The summed E-state index contributed by atoms with van der Waals surface area (Å²) in [4.78, 5) is 13.0. The van der Waals surface area contributed by atoms with Crippen molar-refractivity contribution in [2.75, 3.05) is 13.2 Å². The second-order valence-electron chi connectivity index (χ2n) is 8.03. The average Bonchev–Trinajstić information content (AvgIpc) is 3.15. The highest BCUT2D eigenvalue weighted by Gasteiger charge is 2.53. The van der Waals surface area contributed by atoms with Crippen molar-refractivity contribution in [3.63, 3.8) is 0 Å². The van der Waals surface area contributed by atoms with Crippen LogP contribution in [0.1, 0.15) is 38.3 Å². The summed E-state index contributed by atoms with van der Waals surface area (Å²) < 4.78 is 18.2. The first-order valence-electron chi connectivity index (χ1n) is 9.11. The van der Waals surface area contributed by atoms with Crippen molar-refractivity contribution in [2.24, 2.45) is 11.3 Å². The molecule has 1 fully saturated rings. The molecule has 0 spiro atoms. The molecule has 0 bridgehead atoms. The van der Waals surface area contributed by atoms with E-state index in [1.54, 1.807) is 0 Å². The topological polar surface area (TPSA) is 44.8 Å². The molecule has 0 aromatic heterocycles. The molecule has 0 aliphatic carbocycles. The minimum absolute atomic E-state index is 0.0417. The lowest BCUT2D eigenvalue weighted by atomic mass is 9.73. The predicted molar refractivity (Wildman–Crippen MR) is 98.2 cm³/mol. The van der Waals surface area contributed by atoms with Crippen molar-refractivity contribution in [3.05, 3.63) is 59.7 Å². The number of ether oxygens (including phenoxy) is 3. The lowest BCUT2D eigenvalue weighted by Gasteiger charge is -2.44. The summed E-state index contributed by atoms with van der Waals surface area (Å²) in [6, 6.07) is 15.7. The van der Waals surface area contributed by atoms with E-state index < -0.39 is 11.0 Å². The zero-order valence-corrected chi connectivity index (χ0v) is 15.5. The molecule has 2 aliphatic heterocycles. The van der Waals surface area contributed by atoms with Crippen molar-refractivity contribution in [3.8, 4) is 11.5 Å². The van der Waals surface area contributed by atoms with Crippen LogP contribution in [-0.4, -0.2) is 19.2 Å². The van der Waals surface area contributed by atoms with Crippen molar-refractivity contribution in [2.45, 2.75) is 32.8 Å². The number of benzene rings is 2. The number of esters is 1. The fourth-order valence-electron chi connectivity index (χ4n) is 3.78. The summed E-state index contributed by atoms with van der Waals surface area (Å²) in [6.45, 7) is 6.87. The minimum atomic E-state index is -0.897. The van der Waals surface area contributed by atoms with E-state index in [0.717, 1.165) is 29.0 Å². The first kappa shape index (κ1) is 17.1. The Balaban J connectivity index is 1.96. The first-order chi connectivity index (χ1) is 12.4. The molecule has 26 heavy (non-hydrogen) atoms. The molecule has 0 amide bonds. The summed E-state index contributed by atoms with van der Waals surface area (Å²) in [5, 5.41) is 0. The van der Waals surface area contributed by atoms with Gasteiger partial charge in [-0.25, -0.2) is 0 Å². The Kier molecular flexibility index (Phi) is 4.03. The van der Waals surface area contributed by atoms with E-state index in [2.05, 4.69) is 0 Å². The number of hydrogen-bond donors (Lipinski definition) is 0. The van der Waals surface area contributed by atoms with Crippen LogP contribution in [-0.2, 0) is 19.9 Å². The normalized spacial score (nSPS) is 20.7. The van der Waals surface area contributed by atoms with Gasteiger partial charge in [0.15, 0.2) is 5.60 Å². The fourth-order valence-corrected chi connectivity index (χ4v) is 3.78. The minimum Gasteiger partial charge on any atom is -0.456 e. The van der Waals surface area contributed by atoms with Crippen molar-refractivity contribution < 1.29 is 19.0 Å². The van der Waals surface area contributed by atoms with Gasteiger partial charge in [-0.1, -0.05) is 36.4 Å².